The molecule has 2 aliphatic carbocycles. The molecule has 3 heteroatoms. The molecule has 0 aromatic heterocycles. The van der Waals surface area contributed by atoms with Crippen LogP contribution in [0.3, 0.4) is 0 Å². The molecule has 0 spiro atoms. The lowest BCUT2D eigenvalue weighted by Gasteiger charge is -2.40. The van der Waals surface area contributed by atoms with E-state index in [-0.39, 0.29) is 10.6 Å². The van der Waals surface area contributed by atoms with Crippen LogP contribution in [-0.2, 0) is 4.43 Å². The fourth-order valence-electron chi connectivity index (χ4n) is 2.69. The molecule has 2 rings (SSSR count). The fourth-order valence-corrected chi connectivity index (χ4v) is 4.10. The molecule has 1 N–H and O–H groups in total. The van der Waals surface area contributed by atoms with Gasteiger partial charge in [-0.25, -0.2) is 0 Å². The first-order valence-electron chi connectivity index (χ1n) is 6.48. The van der Waals surface area contributed by atoms with E-state index >= 15 is 0 Å². The van der Waals surface area contributed by atoms with Gasteiger partial charge in [0, 0.05) is 5.92 Å². The first-order chi connectivity index (χ1) is 7.08. The molecule has 2 saturated carbocycles. The maximum Gasteiger partial charge on any atom is 0.192 e. The van der Waals surface area contributed by atoms with Crippen molar-refractivity contribution in [3.63, 3.8) is 0 Å². The Balaban J connectivity index is 2.02. The van der Waals surface area contributed by atoms with E-state index in [1.807, 2.05) is 0 Å². The normalized spacial score (nSPS) is 43.3. The van der Waals surface area contributed by atoms with Gasteiger partial charge in [-0.15, -0.1) is 0 Å². The maximum absolute atomic E-state index is 10.2. The third-order valence-corrected chi connectivity index (χ3v) is 9.74. The number of aliphatic hydroxyl groups is 1. The van der Waals surface area contributed by atoms with Crippen LogP contribution in [0.4, 0.5) is 0 Å². The van der Waals surface area contributed by atoms with Crippen molar-refractivity contribution in [3.8, 4) is 0 Å². The van der Waals surface area contributed by atoms with Crippen molar-refractivity contribution < 1.29 is 9.53 Å². The third-order valence-electron chi connectivity index (χ3n) is 5.24. The van der Waals surface area contributed by atoms with Gasteiger partial charge >= 0.3 is 0 Å². The molecular weight excluding hydrogens is 216 g/mol. The molecule has 94 valence electrons. The van der Waals surface area contributed by atoms with Gasteiger partial charge in [-0.1, -0.05) is 27.7 Å². The molecule has 2 fully saturated rings. The average Bonchev–Trinajstić information content (AvgIpc) is 2.67. The van der Waals surface area contributed by atoms with Crippen LogP contribution in [0.2, 0.25) is 18.1 Å². The van der Waals surface area contributed by atoms with E-state index < -0.39 is 8.32 Å². The quantitative estimate of drug-likeness (QED) is 0.754. The summed E-state index contributed by atoms with van der Waals surface area (Å²) in [5.74, 6) is 0.851. The molecule has 0 radical (unpaired) electrons. The summed E-state index contributed by atoms with van der Waals surface area (Å²) in [5.41, 5.74) is -0.368. The minimum atomic E-state index is -1.66. The minimum Gasteiger partial charge on any atom is -0.414 e. The summed E-state index contributed by atoms with van der Waals surface area (Å²) in [6.07, 6.45) is 2.38. The van der Waals surface area contributed by atoms with E-state index in [0.717, 1.165) is 12.8 Å². The standard InChI is InChI=1S/C13H26O2Si/c1-9-11(7-10-8-13(9,10)14)15-16(5,6)12(2,3)4/h9-11,14H,7-8H2,1-6H3/t9-,10?,11-,13?/m0/s1. The van der Waals surface area contributed by atoms with Crippen LogP contribution in [0.15, 0.2) is 0 Å². The highest BCUT2D eigenvalue weighted by Gasteiger charge is 2.65. The highest BCUT2D eigenvalue weighted by Crippen LogP contribution is 2.60. The average molecular weight is 242 g/mol. The zero-order valence-electron chi connectivity index (χ0n) is 11.5. The van der Waals surface area contributed by atoms with E-state index in [1.165, 1.54) is 0 Å². The van der Waals surface area contributed by atoms with Gasteiger partial charge in [0.2, 0.25) is 0 Å². The molecule has 0 aromatic carbocycles. The smallest absolute Gasteiger partial charge is 0.192 e. The maximum atomic E-state index is 10.2. The summed E-state index contributed by atoms with van der Waals surface area (Å²) in [6.45, 7) is 13.6. The van der Waals surface area contributed by atoms with Crippen molar-refractivity contribution in [1.29, 1.82) is 0 Å². The number of rotatable bonds is 2. The van der Waals surface area contributed by atoms with Crippen LogP contribution in [0, 0.1) is 11.8 Å². The Labute approximate surface area is 101 Å². The topological polar surface area (TPSA) is 29.5 Å². The number of hydrogen-bond donors (Lipinski definition) is 1. The molecule has 4 atom stereocenters. The SMILES string of the molecule is C[C@H]1[C@@H](O[Si](C)(C)C(C)(C)C)CC2CC21O. The van der Waals surface area contributed by atoms with Gasteiger partial charge in [-0.05, 0) is 36.9 Å². The Hall–Kier alpha value is 0.137. The van der Waals surface area contributed by atoms with Crippen LogP contribution in [0.5, 0.6) is 0 Å². The zero-order chi connectivity index (χ0) is 12.4. The predicted octanol–water partition coefficient (Wildman–Crippen LogP) is 3.17. The summed E-state index contributed by atoms with van der Waals surface area (Å²) >= 11 is 0. The largest absolute Gasteiger partial charge is 0.414 e. The Bertz CT molecular complexity index is 295. The van der Waals surface area contributed by atoms with Gasteiger partial charge in [0.25, 0.3) is 0 Å². The van der Waals surface area contributed by atoms with Crippen molar-refractivity contribution in [3.05, 3.63) is 0 Å². The van der Waals surface area contributed by atoms with Gasteiger partial charge < -0.3 is 9.53 Å². The van der Waals surface area contributed by atoms with Crippen LogP contribution < -0.4 is 0 Å². The highest BCUT2D eigenvalue weighted by atomic mass is 28.4. The summed E-state index contributed by atoms with van der Waals surface area (Å²) in [6, 6.07) is 0. The third kappa shape index (κ3) is 1.77. The molecule has 2 aliphatic rings. The second-order valence-electron chi connectivity index (χ2n) is 7.33. The zero-order valence-corrected chi connectivity index (χ0v) is 12.5. The van der Waals surface area contributed by atoms with Crippen molar-refractivity contribution in [2.45, 2.75) is 70.4 Å². The molecule has 0 aromatic rings. The Morgan fingerprint density at radius 1 is 1.31 bits per heavy atom. The van der Waals surface area contributed by atoms with Crippen molar-refractivity contribution in [1.82, 2.24) is 0 Å². The van der Waals surface area contributed by atoms with E-state index in [0.29, 0.717) is 17.9 Å². The molecule has 0 heterocycles. The van der Waals surface area contributed by atoms with Crippen LogP contribution in [-0.4, -0.2) is 25.1 Å². The Morgan fingerprint density at radius 3 is 2.25 bits per heavy atom. The van der Waals surface area contributed by atoms with E-state index in [9.17, 15) is 5.11 Å². The van der Waals surface area contributed by atoms with E-state index in [4.69, 9.17) is 4.43 Å². The van der Waals surface area contributed by atoms with Crippen molar-refractivity contribution in [2.24, 2.45) is 11.8 Å². The number of fused-ring (bicyclic) bond motifs is 1. The predicted molar refractivity (Wildman–Crippen MR) is 68.9 cm³/mol. The first kappa shape index (κ1) is 12.6. The van der Waals surface area contributed by atoms with Crippen LogP contribution in [0.25, 0.3) is 0 Å². The molecule has 16 heavy (non-hydrogen) atoms. The van der Waals surface area contributed by atoms with Crippen molar-refractivity contribution in [2.75, 3.05) is 0 Å². The molecule has 0 bridgehead atoms. The van der Waals surface area contributed by atoms with Gasteiger partial charge in [0.15, 0.2) is 8.32 Å². The Kier molecular flexibility index (Phi) is 2.62. The lowest BCUT2D eigenvalue weighted by molar-refractivity contribution is 0.0423. The van der Waals surface area contributed by atoms with Gasteiger partial charge in [0.05, 0.1) is 11.7 Å². The Morgan fingerprint density at radius 2 is 1.88 bits per heavy atom. The molecule has 2 nitrogen and oxygen atoms in total. The highest BCUT2D eigenvalue weighted by molar-refractivity contribution is 6.74. The molecule has 0 aliphatic heterocycles. The fraction of sp³-hybridized carbons (Fsp3) is 1.00. The lowest BCUT2D eigenvalue weighted by atomic mass is 10.0. The lowest BCUT2D eigenvalue weighted by Crippen LogP contribution is -2.45. The number of hydrogen-bond acceptors (Lipinski definition) is 2. The van der Waals surface area contributed by atoms with Gasteiger partial charge in [-0.2, -0.15) is 0 Å². The summed E-state index contributed by atoms with van der Waals surface area (Å²) < 4.78 is 6.42. The molecule has 0 saturated heterocycles. The second kappa shape index (κ2) is 3.33. The molecular formula is C13H26O2Si. The van der Waals surface area contributed by atoms with Gasteiger partial charge in [-0.3, -0.25) is 0 Å². The monoisotopic (exact) mass is 242 g/mol. The van der Waals surface area contributed by atoms with Gasteiger partial charge in [0.1, 0.15) is 0 Å². The van der Waals surface area contributed by atoms with E-state index in [1.54, 1.807) is 0 Å². The summed E-state index contributed by atoms with van der Waals surface area (Å²) in [7, 11) is -1.66. The summed E-state index contributed by atoms with van der Waals surface area (Å²) in [4.78, 5) is 0. The summed E-state index contributed by atoms with van der Waals surface area (Å²) in [5, 5.41) is 10.5. The minimum absolute atomic E-state index is 0.266. The van der Waals surface area contributed by atoms with E-state index in [2.05, 4.69) is 40.8 Å². The molecule has 2 unspecified atom stereocenters. The second-order valence-corrected chi connectivity index (χ2v) is 12.1. The molecule has 0 amide bonds. The first-order valence-corrected chi connectivity index (χ1v) is 9.39. The van der Waals surface area contributed by atoms with Crippen molar-refractivity contribution >= 4 is 8.32 Å². The van der Waals surface area contributed by atoms with Crippen LogP contribution in [0.1, 0.15) is 40.5 Å². The van der Waals surface area contributed by atoms with Crippen LogP contribution >= 0.6 is 0 Å².